The standard InChI is InChI=1S/C17H27FN2O5SSi/c1-23-15-7-6-14-16(17(15)18)13(8-9-25-26(2,21)22)19-20(14)12-24-10-11-27(3,4)5/h6-7H,8-12H2,1-5H3. The highest BCUT2D eigenvalue weighted by Gasteiger charge is 2.19. The van der Waals surface area contributed by atoms with Crippen molar-refractivity contribution >= 4 is 29.1 Å². The van der Waals surface area contributed by atoms with Gasteiger partial charge in [-0.3, -0.25) is 4.18 Å². The number of benzene rings is 1. The van der Waals surface area contributed by atoms with Crippen molar-refractivity contribution in [2.24, 2.45) is 0 Å². The summed E-state index contributed by atoms with van der Waals surface area (Å²) < 4.78 is 54.2. The summed E-state index contributed by atoms with van der Waals surface area (Å²) >= 11 is 0. The first kappa shape index (κ1) is 21.8. The van der Waals surface area contributed by atoms with Crippen LogP contribution in [0.5, 0.6) is 5.75 Å². The van der Waals surface area contributed by atoms with E-state index in [2.05, 4.69) is 24.7 Å². The second-order valence-corrected chi connectivity index (χ2v) is 14.8. The van der Waals surface area contributed by atoms with Gasteiger partial charge in [-0.15, -0.1) is 0 Å². The minimum atomic E-state index is -3.57. The summed E-state index contributed by atoms with van der Waals surface area (Å²) in [7, 11) is -3.38. The zero-order chi connectivity index (χ0) is 20.2. The average Bonchev–Trinajstić information content (AvgIpc) is 2.89. The van der Waals surface area contributed by atoms with Gasteiger partial charge < -0.3 is 9.47 Å². The van der Waals surface area contributed by atoms with Gasteiger partial charge in [0.05, 0.1) is 36.6 Å². The van der Waals surface area contributed by atoms with E-state index in [9.17, 15) is 12.8 Å². The van der Waals surface area contributed by atoms with Gasteiger partial charge in [0, 0.05) is 21.1 Å². The molecule has 0 radical (unpaired) electrons. The van der Waals surface area contributed by atoms with Crippen LogP contribution in [0, 0.1) is 5.82 Å². The molecule has 1 aromatic carbocycles. The molecule has 27 heavy (non-hydrogen) atoms. The number of hydrogen-bond acceptors (Lipinski definition) is 6. The summed E-state index contributed by atoms with van der Waals surface area (Å²) in [6.07, 6.45) is 1.12. The maximum absolute atomic E-state index is 14.8. The minimum Gasteiger partial charge on any atom is -0.494 e. The largest absolute Gasteiger partial charge is 0.494 e. The lowest BCUT2D eigenvalue weighted by molar-refractivity contribution is 0.0813. The lowest BCUT2D eigenvalue weighted by Gasteiger charge is -2.15. The Labute approximate surface area is 160 Å². The molecule has 0 aliphatic carbocycles. The first-order valence-electron chi connectivity index (χ1n) is 8.66. The van der Waals surface area contributed by atoms with Crippen LogP contribution in [0.3, 0.4) is 0 Å². The summed E-state index contributed by atoms with van der Waals surface area (Å²) in [6, 6.07) is 4.27. The van der Waals surface area contributed by atoms with Crippen molar-refractivity contribution in [3.05, 3.63) is 23.6 Å². The summed E-state index contributed by atoms with van der Waals surface area (Å²) in [6.45, 7) is 7.49. The van der Waals surface area contributed by atoms with Crippen molar-refractivity contribution < 1.29 is 26.5 Å². The Morgan fingerprint density at radius 2 is 1.93 bits per heavy atom. The Kier molecular flexibility index (Phi) is 7.01. The van der Waals surface area contributed by atoms with Gasteiger partial charge in [0.25, 0.3) is 10.1 Å². The van der Waals surface area contributed by atoms with Crippen LogP contribution in [0.2, 0.25) is 25.7 Å². The maximum atomic E-state index is 14.8. The Bertz CT molecular complexity index is 893. The molecule has 0 unspecified atom stereocenters. The topological polar surface area (TPSA) is 79.7 Å². The normalized spacial score (nSPS) is 12.7. The third kappa shape index (κ3) is 6.27. The molecule has 0 amide bonds. The number of aromatic nitrogens is 2. The Balaban J connectivity index is 2.25. The number of nitrogens with zero attached hydrogens (tertiary/aromatic N) is 2. The van der Waals surface area contributed by atoms with E-state index in [1.54, 1.807) is 10.7 Å². The molecule has 0 aliphatic heterocycles. The van der Waals surface area contributed by atoms with Gasteiger partial charge >= 0.3 is 0 Å². The number of fused-ring (bicyclic) bond motifs is 1. The number of hydrogen-bond donors (Lipinski definition) is 0. The average molecular weight is 419 g/mol. The van der Waals surface area contributed by atoms with Crippen LogP contribution in [-0.2, 0) is 32.2 Å². The molecular formula is C17H27FN2O5SSi. The van der Waals surface area contributed by atoms with Crippen molar-refractivity contribution in [2.45, 2.75) is 38.8 Å². The fraction of sp³-hybridized carbons (Fsp3) is 0.588. The lowest BCUT2D eigenvalue weighted by atomic mass is 10.1. The molecule has 1 aromatic heterocycles. The summed E-state index contributed by atoms with van der Waals surface area (Å²) in [5.74, 6) is -0.426. The fourth-order valence-corrected chi connectivity index (χ4v) is 3.68. The van der Waals surface area contributed by atoms with Gasteiger partial charge in [-0.25, -0.2) is 9.07 Å². The molecule has 0 spiro atoms. The van der Waals surface area contributed by atoms with E-state index in [0.29, 0.717) is 23.2 Å². The summed E-state index contributed by atoms with van der Waals surface area (Å²) in [4.78, 5) is 0. The van der Waals surface area contributed by atoms with Crippen molar-refractivity contribution in [2.75, 3.05) is 26.6 Å². The number of halogens is 1. The van der Waals surface area contributed by atoms with Crippen LogP contribution in [0.15, 0.2) is 12.1 Å². The van der Waals surface area contributed by atoms with E-state index in [1.807, 2.05) is 0 Å². The van der Waals surface area contributed by atoms with Gasteiger partial charge in [0.1, 0.15) is 6.73 Å². The van der Waals surface area contributed by atoms with Crippen molar-refractivity contribution in [3.63, 3.8) is 0 Å². The molecule has 2 aromatic rings. The molecule has 1 heterocycles. The van der Waals surface area contributed by atoms with Gasteiger partial charge in [0.15, 0.2) is 11.6 Å². The van der Waals surface area contributed by atoms with Gasteiger partial charge in [-0.2, -0.15) is 13.5 Å². The number of rotatable bonds is 10. The zero-order valence-corrected chi connectivity index (χ0v) is 18.2. The monoisotopic (exact) mass is 418 g/mol. The highest BCUT2D eigenvalue weighted by molar-refractivity contribution is 7.85. The van der Waals surface area contributed by atoms with E-state index in [4.69, 9.17) is 13.7 Å². The molecule has 0 N–H and O–H groups in total. The van der Waals surface area contributed by atoms with E-state index in [1.165, 1.54) is 13.2 Å². The molecule has 0 fully saturated rings. The predicted octanol–water partition coefficient (Wildman–Crippen LogP) is 3.02. The highest BCUT2D eigenvalue weighted by Crippen LogP contribution is 2.29. The van der Waals surface area contributed by atoms with Crippen molar-refractivity contribution in [3.8, 4) is 5.75 Å². The third-order valence-corrected chi connectivity index (χ3v) is 6.26. The molecule has 0 bridgehead atoms. The molecule has 152 valence electrons. The second kappa shape index (κ2) is 8.68. The van der Waals surface area contributed by atoms with Gasteiger partial charge in [0.2, 0.25) is 0 Å². The van der Waals surface area contributed by atoms with Crippen LogP contribution in [0.1, 0.15) is 5.69 Å². The van der Waals surface area contributed by atoms with Crippen LogP contribution in [0.25, 0.3) is 10.9 Å². The first-order chi connectivity index (χ1) is 12.5. The van der Waals surface area contributed by atoms with E-state index < -0.39 is 24.0 Å². The quantitative estimate of drug-likeness (QED) is 0.335. The Morgan fingerprint density at radius 1 is 1.22 bits per heavy atom. The smallest absolute Gasteiger partial charge is 0.264 e. The van der Waals surface area contributed by atoms with Crippen LogP contribution in [-0.4, -0.2) is 52.9 Å². The van der Waals surface area contributed by atoms with Gasteiger partial charge in [-0.1, -0.05) is 19.6 Å². The SMILES string of the molecule is COc1ccc2c(c(CCOS(C)(=O)=O)nn2COCC[Si](C)(C)C)c1F. The molecular weight excluding hydrogens is 391 g/mol. The van der Waals surface area contributed by atoms with E-state index >= 15 is 0 Å². The molecule has 2 rings (SSSR count). The molecule has 7 nitrogen and oxygen atoms in total. The van der Waals surface area contributed by atoms with E-state index in [0.717, 1.165) is 12.3 Å². The molecule has 0 atom stereocenters. The van der Waals surface area contributed by atoms with Crippen LogP contribution >= 0.6 is 0 Å². The van der Waals surface area contributed by atoms with Gasteiger partial charge in [-0.05, 0) is 18.2 Å². The minimum absolute atomic E-state index is 0.104. The maximum Gasteiger partial charge on any atom is 0.264 e. The summed E-state index contributed by atoms with van der Waals surface area (Å²) in [5, 5.41) is 4.70. The molecule has 0 saturated heterocycles. The first-order valence-corrected chi connectivity index (χ1v) is 14.2. The zero-order valence-electron chi connectivity index (χ0n) is 16.4. The molecule has 0 aliphatic rings. The Hall–Kier alpha value is -1.49. The fourth-order valence-electron chi connectivity index (χ4n) is 2.54. The Morgan fingerprint density at radius 3 is 2.52 bits per heavy atom. The van der Waals surface area contributed by atoms with E-state index in [-0.39, 0.29) is 25.5 Å². The summed E-state index contributed by atoms with van der Waals surface area (Å²) in [5.41, 5.74) is 0.967. The number of methoxy groups -OCH3 is 1. The van der Waals surface area contributed by atoms with Crippen LogP contribution in [0.4, 0.5) is 4.39 Å². The lowest BCUT2D eigenvalue weighted by Crippen LogP contribution is -2.22. The third-order valence-electron chi connectivity index (χ3n) is 3.96. The van der Waals surface area contributed by atoms with Crippen LogP contribution < -0.4 is 4.74 Å². The predicted molar refractivity (Wildman–Crippen MR) is 105 cm³/mol. The highest BCUT2D eigenvalue weighted by atomic mass is 32.2. The van der Waals surface area contributed by atoms with Crippen molar-refractivity contribution in [1.29, 1.82) is 0 Å². The molecule has 0 saturated carbocycles. The second-order valence-electron chi connectivity index (χ2n) is 7.55. The van der Waals surface area contributed by atoms with Crippen molar-refractivity contribution in [1.82, 2.24) is 9.78 Å². The number of ether oxygens (including phenoxy) is 2. The molecule has 10 heteroatoms.